The largest absolute Gasteiger partial charge is 0.378 e. The van der Waals surface area contributed by atoms with Crippen molar-refractivity contribution in [2.75, 3.05) is 30.0 Å². The molecule has 2 heterocycles. The van der Waals surface area contributed by atoms with E-state index in [1.54, 1.807) is 12.4 Å². The van der Waals surface area contributed by atoms with E-state index in [9.17, 15) is 0 Å². The first-order valence-corrected chi connectivity index (χ1v) is 8.34. The van der Waals surface area contributed by atoms with Crippen LogP contribution in [0.1, 0.15) is 0 Å². The maximum absolute atomic E-state index is 6.22. The second-order valence-corrected chi connectivity index (χ2v) is 6.28. The lowest BCUT2D eigenvalue weighted by Gasteiger charge is -2.15. The third kappa shape index (κ3) is 2.93. The summed E-state index contributed by atoms with van der Waals surface area (Å²) >= 11 is 0. The second-order valence-electron chi connectivity index (χ2n) is 6.28. The molecule has 6 nitrogen and oxygen atoms in total. The predicted octanol–water partition coefficient (Wildman–Crippen LogP) is 3.81. The highest BCUT2D eigenvalue weighted by Gasteiger charge is 2.12. The normalized spacial score (nSPS) is 10.8. The number of fused-ring (bicyclic) bond motifs is 1. The monoisotopic (exact) mass is 344 g/mol. The van der Waals surface area contributed by atoms with E-state index >= 15 is 0 Å². The van der Waals surface area contributed by atoms with Crippen molar-refractivity contribution < 1.29 is 0 Å². The van der Waals surface area contributed by atoms with Gasteiger partial charge in [0.1, 0.15) is 0 Å². The van der Waals surface area contributed by atoms with Crippen LogP contribution < -0.4 is 16.0 Å². The smallest absolute Gasteiger partial charge is 0.205 e. The number of rotatable bonds is 4. The lowest BCUT2D eigenvalue weighted by molar-refractivity contribution is 1.09. The number of hydrogen-bond acceptors (Lipinski definition) is 5. The fourth-order valence-corrected chi connectivity index (χ4v) is 2.96. The van der Waals surface area contributed by atoms with Crippen LogP contribution in [0.2, 0.25) is 0 Å². The number of benzene rings is 2. The van der Waals surface area contributed by atoms with Gasteiger partial charge in [-0.1, -0.05) is 6.07 Å². The molecule has 0 aliphatic rings. The molecule has 0 aliphatic carbocycles. The Bertz CT molecular complexity index is 1050. The highest BCUT2D eigenvalue weighted by atomic mass is 15.2. The molecule has 130 valence electrons. The average molecular weight is 344 g/mol. The Morgan fingerprint density at radius 1 is 0.962 bits per heavy atom. The van der Waals surface area contributed by atoms with E-state index in [2.05, 4.69) is 38.4 Å². The summed E-state index contributed by atoms with van der Waals surface area (Å²) in [7, 11) is 4.04. The molecule has 2 aromatic heterocycles. The van der Waals surface area contributed by atoms with Gasteiger partial charge >= 0.3 is 0 Å². The molecule has 3 N–H and O–H groups in total. The standard InChI is InChI=1S/C20H20N6/c1-25(2)16-4-3-5-17(13-16)26-19-12-15(6-7-18(19)24-20(26)21)23-14-8-10-22-11-9-14/h3-13H,1-2H3,(H2,21,24)(H,22,23). The molecule has 0 bridgehead atoms. The van der Waals surface area contributed by atoms with Crippen LogP contribution in [0.4, 0.5) is 23.0 Å². The highest BCUT2D eigenvalue weighted by Crippen LogP contribution is 2.28. The Hall–Kier alpha value is -3.54. The van der Waals surface area contributed by atoms with Crippen LogP contribution in [0.15, 0.2) is 67.0 Å². The molecule has 0 spiro atoms. The van der Waals surface area contributed by atoms with Gasteiger partial charge in [-0.25, -0.2) is 4.98 Å². The first-order chi connectivity index (χ1) is 12.6. The highest BCUT2D eigenvalue weighted by molar-refractivity contribution is 5.85. The van der Waals surface area contributed by atoms with E-state index in [1.165, 1.54) is 0 Å². The molecule has 6 heteroatoms. The van der Waals surface area contributed by atoms with Gasteiger partial charge in [0.25, 0.3) is 0 Å². The number of pyridine rings is 1. The van der Waals surface area contributed by atoms with Gasteiger partial charge in [0.2, 0.25) is 5.95 Å². The van der Waals surface area contributed by atoms with Crippen LogP contribution in [0, 0.1) is 0 Å². The maximum atomic E-state index is 6.22. The summed E-state index contributed by atoms with van der Waals surface area (Å²) < 4.78 is 1.97. The van der Waals surface area contributed by atoms with Gasteiger partial charge in [-0.2, -0.15) is 0 Å². The van der Waals surface area contributed by atoms with E-state index in [1.807, 2.05) is 55.1 Å². The molecule has 4 aromatic rings. The van der Waals surface area contributed by atoms with E-state index in [-0.39, 0.29) is 0 Å². The van der Waals surface area contributed by atoms with Gasteiger partial charge < -0.3 is 16.0 Å². The Balaban J connectivity index is 1.81. The number of imidazole rings is 1. The van der Waals surface area contributed by atoms with Crippen LogP contribution in [0.3, 0.4) is 0 Å². The zero-order valence-corrected chi connectivity index (χ0v) is 14.7. The molecule has 4 rings (SSSR count). The summed E-state index contributed by atoms with van der Waals surface area (Å²) in [5, 5.41) is 3.38. The van der Waals surface area contributed by atoms with Gasteiger partial charge in [-0.15, -0.1) is 0 Å². The molecule has 0 fully saturated rings. The maximum Gasteiger partial charge on any atom is 0.205 e. The van der Waals surface area contributed by atoms with E-state index < -0.39 is 0 Å². The minimum absolute atomic E-state index is 0.469. The van der Waals surface area contributed by atoms with E-state index in [0.29, 0.717) is 5.95 Å². The average Bonchev–Trinajstić information content (AvgIpc) is 2.98. The third-order valence-corrected chi connectivity index (χ3v) is 4.25. The van der Waals surface area contributed by atoms with Crippen molar-refractivity contribution in [1.29, 1.82) is 0 Å². The lowest BCUT2D eigenvalue weighted by atomic mass is 10.2. The predicted molar refractivity (Wildman–Crippen MR) is 107 cm³/mol. The quantitative estimate of drug-likeness (QED) is 0.589. The molecule has 0 unspecified atom stereocenters. The Morgan fingerprint density at radius 2 is 1.77 bits per heavy atom. The lowest BCUT2D eigenvalue weighted by Crippen LogP contribution is -2.09. The van der Waals surface area contributed by atoms with Crippen molar-refractivity contribution in [3.05, 3.63) is 67.0 Å². The molecule has 0 atom stereocenters. The van der Waals surface area contributed by atoms with Crippen LogP contribution in [-0.2, 0) is 0 Å². The van der Waals surface area contributed by atoms with Gasteiger partial charge in [0, 0.05) is 43.6 Å². The zero-order chi connectivity index (χ0) is 18.1. The Labute approximate surface area is 151 Å². The summed E-state index contributed by atoms with van der Waals surface area (Å²) in [6.45, 7) is 0. The molecule has 0 saturated heterocycles. The molecule has 0 amide bonds. The van der Waals surface area contributed by atoms with Crippen LogP contribution in [-0.4, -0.2) is 28.6 Å². The molecule has 0 aliphatic heterocycles. The fraction of sp³-hybridized carbons (Fsp3) is 0.100. The minimum atomic E-state index is 0.469. The first-order valence-electron chi connectivity index (χ1n) is 8.34. The van der Waals surface area contributed by atoms with Gasteiger partial charge in [-0.3, -0.25) is 9.55 Å². The Morgan fingerprint density at radius 3 is 2.54 bits per heavy atom. The Kier molecular flexibility index (Phi) is 3.93. The second kappa shape index (κ2) is 6.40. The summed E-state index contributed by atoms with van der Waals surface area (Å²) in [6.07, 6.45) is 3.52. The zero-order valence-electron chi connectivity index (χ0n) is 14.7. The van der Waals surface area contributed by atoms with Crippen molar-refractivity contribution in [2.45, 2.75) is 0 Å². The number of aromatic nitrogens is 3. The summed E-state index contributed by atoms with van der Waals surface area (Å²) in [5.41, 5.74) is 12.1. The molecule has 0 radical (unpaired) electrons. The van der Waals surface area contributed by atoms with Crippen molar-refractivity contribution in [2.24, 2.45) is 0 Å². The number of hydrogen-bond donors (Lipinski definition) is 2. The molecular weight excluding hydrogens is 324 g/mol. The molecule has 0 saturated carbocycles. The van der Waals surface area contributed by atoms with Crippen molar-refractivity contribution in [1.82, 2.24) is 14.5 Å². The number of nitrogens with zero attached hydrogens (tertiary/aromatic N) is 4. The van der Waals surface area contributed by atoms with Gasteiger partial charge in [0.05, 0.1) is 16.7 Å². The summed E-state index contributed by atoms with van der Waals surface area (Å²) in [6, 6.07) is 18.1. The van der Waals surface area contributed by atoms with E-state index in [0.717, 1.165) is 33.8 Å². The molecule has 26 heavy (non-hydrogen) atoms. The summed E-state index contributed by atoms with van der Waals surface area (Å²) in [4.78, 5) is 10.6. The van der Waals surface area contributed by atoms with Gasteiger partial charge in [-0.05, 0) is 48.5 Å². The molecular formula is C20H20N6. The number of anilines is 4. The molecule has 2 aromatic carbocycles. The van der Waals surface area contributed by atoms with Crippen LogP contribution in [0.25, 0.3) is 16.7 Å². The fourth-order valence-electron chi connectivity index (χ4n) is 2.96. The first kappa shape index (κ1) is 16.0. The third-order valence-electron chi connectivity index (χ3n) is 4.25. The van der Waals surface area contributed by atoms with Crippen molar-refractivity contribution >= 4 is 34.0 Å². The minimum Gasteiger partial charge on any atom is -0.378 e. The van der Waals surface area contributed by atoms with Crippen LogP contribution >= 0.6 is 0 Å². The summed E-state index contributed by atoms with van der Waals surface area (Å²) in [5.74, 6) is 0.469. The van der Waals surface area contributed by atoms with E-state index in [4.69, 9.17) is 5.73 Å². The van der Waals surface area contributed by atoms with Crippen molar-refractivity contribution in [3.63, 3.8) is 0 Å². The number of nitrogens with one attached hydrogen (secondary N) is 1. The number of nitrogen functional groups attached to an aromatic ring is 1. The van der Waals surface area contributed by atoms with Gasteiger partial charge in [0.15, 0.2) is 0 Å². The SMILES string of the molecule is CN(C)c1cccc(-n2c(N)nc3ccc(Nc4ccncc4)cc32)c1. The van der Waals surface area contributed by atoms with Crippen molar-refractivity contribution in [3.8, 4) is 5.69 Å². The topological polar surface area (TPSA) is 72.0 Å². The van der Waals surface area contributed by atoms with Crippen LogP contribution in [0.5, 0.6) is 0 Å². The number of nitrogens with two attached hydrogens (primary N) is 1.